The number of fused-ring (bicyclic) bond motifs is 1. The summed E-state index contributed by atoms with van der Waals surface area (Å²) in [5.74, 6) is -0.355. The second-order valence-electron chi connectivity index (χ2n) is 6.24. The number of ether oxygens (including phenoxy) is 1. The molecule has 2 aromatic rings. The second-order valence-corrected chi connectivity index (χ2v) is 6.62. The molecule has 24 heavy (non-hydrogen) atoms. The highest BCUT2D eigenvalue weighted by molar-refractivity contribution is 6.38. The minimum absolute atomic E-state index is 0.179. The quantitative estimate of drug-likeness (QED) is 0.810. The van der Waals surface area contributed by atoms with Crippen LogP contribution >= 0.6 is 11.6 Å². The van der Waals surface area contributed by atoms with Crippen LogP contribution in [-0.4, -0.2) is 30.0 Å². The van der Waals surface area contributed by atoms with Gasteiger partial charge in [0.05, 0.1) is 5.02 Å². The van der Waals surface area contributed by atoms with E-state index in [0.29, 0.717) is 17.5 Å². The van der Waals surface area contributed by atoms with Crippen LogP contribution in [0.15, 0.2) is 24.3 Å². The molecule has 6 heteroatoms. The molecule has 0 radical (unpaired) electrons. The first-order chi connectivity index (χ1) is 11.6. The third-order valence-electron chi connectivity index (χ3n) is 4.49. The molecule has 1 heterocycles. The first-order valence-electron chi connectivity index (χ1n) is 8.35. The highest BCUT2D eigenvalue weighted by Gasteiger charge is 2.19. The number of hydrogen-bond acceptors (Lipinski definition) is 3. The van der Waals surface area contributed by atoms with Gasteiger partial charge in [-0.2, -0.15) is 0 Å². The van der Waals surface area contributed by atoms with Crippen LogP contribution in [0.1, 0.15) is 42.6 Å². The van der Waals surface area contributed by atoms with Gasteiger partial charge in [0.15, 0.2) is 6.61 Å². The summed E-state index contributed by atoms with van der Waals surface area (Å²) in [6, 6.07) is 7.34. The van der Waals surface area contributed by atoms with E-state index in [0.717, 1.165) is 23.7 Å². The number of carbonyl (C=O) groups is 2. The van der Waals surface area contributed by atoms with Crippen molar-refractivity contribution < 1.29 is 14.3 Å². The van der Waals surface area contributed by atoms with Crippen molar-refractivity contribution >= 4 is 34.4 Å². The van der Waals surface area contributed by atoms with Crippen LogP contribution in [0, 0.1) is 5.92 Å². The van der Waals surface area contributed by atoms with Gasteiger partial charge >= 0.3 is 5.97 Å². The maximum atomic E-state index is 12.1. The SMILES string of the molecule is O=C(COC(=O)c1[nH]c2ccccc2c1Cl)NCC1CCCCC1. The van der Waals surface area contributed by atoms with E-state index in [1.54, 1.807) is 0 Å². The lowest BCUT2D eigenvalue weighted by molar-refractivity contribution is -0.124. The first-order valence-corrected chi connectivity index (χ1v) is 8.73. The molecule has 1 amide bonds. The molecule has 1 aliphatic carbocycles. The van der Waals surface area contributed by atoms with Gasteiger partial charge in [-0.1, -0.05) is 49.1 Å². The number of para-hydroxylation sites is 1. The van der Waals surface area contributed by atoms with Gasteiger partial charge in [0.2, 0.25) is 0 Å². The Morgan fingerprint density at radius 3 is 2.71 bits per heavy atom. The topological polar surface area (TPSA) is 71.2 Å². The number of rotatable bonds is 5. The van der Waals surface area contributed by atoms with E-state index in [-0.39, 0.29) is 18.2 Å². The third kappa shape index (κ3) is 3.90. The van der Waals surface area contributed by atoms with Gasteiger partial charge in [-0.15, -0.1) is 0 Å². The Bertz CT molecular complexity index is 735. The second kappa shape index (κ2) is 7.71. The maximum absolute atomic E-state index is 12.1. The number of hydrogen-bond donors (Lipinski definition) is 2. The van der Waals surface area contributed by atoms with E-state index in [9.17, 15) is 9.59 Å². The van der Waals surface area contributed by atoms with Crippen LogP contribution in [0.4, 0.5) is 0 Å². The van der Waals surface area contributed by atoms with Crippen molar-refractivity contribution in [3.05, 3.63) is 35.0 Å². The lowest BCUT2D eigenvalue weighted by Gasteiger charge is -2.21. The smallest absolute Gasteiger partial charge is 0.356 e. The number of aromatic amines is 1. The molecular formula is C18H21ClN2O3. The Kier molecular flexibility index (Phi) is 5.41. The highest BCUT2D eigenvalue weighted by Crippen LogP contribution is 2.27. The summed E-state index contributed by atoms with van der Waals surface area (Å²) in [5, 5.41) is 3.92. The molecule has 2 N–H and O–H groups in total. The summed E-state index contributed by atoms with van der Waals surface area (Å²) >= 11 is 6.20. The van der Waals surface area contributed by atoms with Gasteiger partial charge in [-0.3, -0.25) is 4.79 Å². The van der Waals surface area contributed by atoms with Gasteiger partial charge in [0.25, 0.3) is 5.91 Å². The number of halogens is 1. The van der Waals surface area contributed by atoms with E-state index in [1.807, 2.05) is 24.3 Å². The van der Waals surface area contributed by atoms with E-state index in [4.69, 9.17) is 16.3 Å². The van der Waals surface area contributed by atoms with Crippen molar-refractivity contribution in [2.45, 2.75) is 32.1 Å². The third-order valence-corrected chi connectivity index (χ3v) is 4.89. The molecule has 1 aromatic heterocycles. The van der Waals surface area contributed by atoms with E-state index < -0.39 is 5.97 Å². The van der Waals surface area contributed by atoms with Crippen molar-refractivity contribution in [3.8, 4) is 0 Å². The number of carbonyl (C=O) groups excluding carboxylic acids is 2. The highest BCUT2D eigenvalue weighted by atomic mass is 35.5. The molecule has 0 atom stereocenters. The van der Waals surface area contributed by atoms with Crippen LogP contribution in [0.2, 0.25) is 5.02 Å². The fraction of sp³-hybridized carbons (Fsp3) is 0.444. The Hall–Kier alpha value is -2.01. The summed E-state index contributed by atoms with van der Waals surface area (Å²) in [6.45, 7) is 0.362. The van der Waals surface area contributed by atoms with Crippen molar-refractivity contribution in [1.29, 1.82) is 0 Å². The lowest BCUT2D eigenvalue weighted by Crippen LogP contribution is -2.33. The molecular weight excluding hydrogens is 328 g/mol. The van der Waals surface area contributed by atoms with Crippen LogP contribution < -0.4 is 5.32 Å². The van der Waals surface area contributed by atoms with E-state index in [2.05, 4.69) is 10.3 Å². The Balaban J connectivity index is 1.50. The lowest BCUT2D eigenvalue weighted by atomic mass is 9.89. The maximum Gasteiger partial charge on any atom is 0.356 e. The van der Waals surface area contributed by atoms with Crippen LogP contribution in [0.5, 0.6) is 0 Å². The zero-order valence-electron chi connectivity index (χ0n) is 13.4. The number of aromatic nitrogens is 1. The molecule has 1 aromatic carbocycles. The van der Waals surface area contributed by atoms with Crippen LogP contribution in [0.3, 0.4) is 0 Å². The minimum atomic E-state index is -0.621. The monoisotopic (exact) mass is 348 g/mol. The average molecular weight is 349 g/mol. The summed E-state index contributed by atoms with van der Waals surface area (Å²) in [5.41, 5.74) is 0.939. The Morgan fingerprint density at radius 2 is 1.96 bits per heavy atom. The summed E-state index contributed by atoms with van der Waals surface area (Å²) < 4.78 is 5.07. The van der Waals surface area contributed by atoms with E-state index >= 15 is 0 Å². The molecule has 0 spiro atoms. The average Bonchev–Trinajstić information content (AvgIpc) is 2.96. The number of benzene rings is 1. The summed E-state index contributed by atoms with van der Waals surface area (Å²) in [7, 11) is 0. The fourth-order valence-electron chi connectivity index (χ4n) is 3.15. The molecule has 1 saturated carbocycles. The summed E-state index contributed by atoms with van der Waals surface area (Å²) in [6.07, 6.45) is 6.06. The Morgan fingerprint density at radius 1 is 1.21 bits per heavy atom. The molecule has 5 nitrogen and oxygen atoms in total. The molecule has 0 bridgehead atoms. The van der Waals surface area contributed by atoms with Crippen molar-refractivity contribution in [1.82, 2.24) is 10.3 Å². The molecule has 128 valence electrons. The van der Waals surface area contributed by atoms with Crippen LogP contribution in [0.25, 0.3) is 10.9 Å². The predicted octanol–water partition coefficient (Wildman–Crippen LogP) is 3.67. The van der Waals surface area contributed by atoms with Crippen molar-refractivity contribution in [2.24, 2.45) is 5.92 Å². The van der Waals surface area contributed by atoms with Gasteiger partial charge in [0.1, 0.15) is 5.69 Å². The van der Waals surface area contributed by atoms with Crippen molar-refractivity contribution in [3.63, 3.8) is 0 Å². The van der Waals surface area contributed by atoms with Gasteiger partial charge in [-0.05, 0) is 24.8 Å². The molecule has 0 unspecified atom stereocenters. The fourth-order valence-corrected chi connectivity index (χ4v) is 3.44. The molecule has 0 saturated heterocycles. The number of amides is 1. The molecule has 3 rings (SSSR count). The Labute approximate surface area is 145 Å². The molecule has 0 aliphatic heterocycles. The zero-order valence-corrected chi connectivity index (χ0v) is 14.2. The minimum Gasteiger partial charge on any atom is -0.451 e. The number of nitrogens with one attached hydrogen (secondary N) is 2. The standard InChI is InChI=1S/C18H21ClN2O3/c19-16-13-8-4-5-9-14(13)21-17(16)18(23)24-11-15(22)20-10-12-6-2-1-3-7-12/h4-5,8-9,12,21H,1-3,6-7,10-11H2,(H,20,22). The molecule has 1 aliphatic rings. The van der Waals surface area contributed by atoms with Crippen LogP contribution in [-0.2, 0) is 9.53 Å². The predicted molar refractivity (Wildman–Crippen MR) is 93.2 cm³/mol. The van der Waals surface area contributed by atoms with Crippen molar-refractivity contribution in [2.75, 3.05) is 13.2 Å². The number of H-pyrrole nitrogens is 1. The first kappa shape index (κ1) is 16.8. The van der Waals surface area contributed by atoms with E-state index in [1.165, 1.54) is 19.3 Å². The normalized spacial score (nSPS) is 15.4. The van der Waals surface area contributed by atoms with Gasteiger partial charge in [0, 0.05) is 17.4 Å². The summed E-state index contributed by atoms with van der Waals surface area (Å²) in [4.78, 5) is 26.9. The molecule has 1 fully saturated rings. The van der Waals surface area contributed by atoms with Gasteiger partial charge in [-0.25, -0.2) is 4.79 Å². The largest absolute Gasteiger partial charge is 0.451 e. The van der Waals surface area contributed by atoms with Gasteiger partial charge < -0.3 is 15.0 Å². The zero-order chi connectivity index (χ0) is 16.9. The number of esters is 1.